The molecule has 2 aliphatic heterocycles. The minimum atomic E-state index is -0.0258. The van der Waals surface area contributed by atoms with E-state index in [9.17, 15) is 14.4 Å². The van der Waals surface area contributed by atoms with Crippen molar-refractivity contribution in [2.75, 3.05) is 26.2 Å². The zero-order chi connectivity index (χ0) is 20.2. The minimum Gasteiger partial charge on any atom is -0.343 e. The van der Waals surface area contributed by atoms with E-state index in [0.717, 1.165) is 81.5 Å². The molecule has 0 atom stereocenters. The number of carbonyl (C=O) groups excluding carboxylic acids is 2. The van der Waals surface area contributed by atoms with Gasteiger partial charge in [-0.1, -0.05) is 0 Å². The van der Waals surface area contributed by atoms with E-state index in [4.69, 9.17) is 4.98 Å². The van der Waals surface area contributed by atoms with Gasteiger partial charge in [-0.15, -0.1) is 0 Å². The van der Waals surface area contributed by atoms with Gasteiger partial charge in [0.25, 0.3) is 5.56 Å². The van der Waals surface area contributed by atoms with Crippen LogP contribution in [0.2, 0.25) is 0 Å². The number of hydrogen-bond acceptors (Lipinski definition) is 4. The van der Waals surface area contributed by atoms with E-state index in [1.807, 2.05) is 9.80 Å². The molecular weight excluding hydrogens is 368 g/mol. The zero-order valence-electron chi connectivity index (χ0n) is 17.2. The molecule has 5 rings (SSSR count). The Labute approximate surface area is 170 Å². The highest BCUT2D eigenvalue weighted by Crippen LogP contribution is 2.46. The summed E-state index contributed by atoms with van der Waals surface area (Å²) >= 11 is 0. The maximum atomic E-state index is 13.0. The number of aromatic nitrogens is 2. The molecule has 3 fully saturated rings. The summed E-state index contributed by atoms with van der Waals surface area (Å²) in [5.41, 5.74) is 1.95. The molecule has 1 spiro atoms. The Morgan fingerprint density at radius 1 is 1.00 bits per heavy atom. The average molecular weight is 399 g/mol. The van der Waals surface area contributed by atoms with Gasteiger partial charge < -0.3 is 14.8 Å². The number of aromatic amines is 1. The summed E-state index contributed by atoms with van der Waals surface area (Å²) in [5, 5.41) is 0. The van der Waals surface area contributed by atoms with Crippen LogP contribution in [-0.2, 0) is 21.4 Å². The Hall–Kier alpha value is -2.18. The Morgan fingerprint density at radius 2 is 1.69 bits per heavy atom. The predicted molar refractivity (Wildman–Crippen MR) is 108 cm³/mol. The number of amides is 2. The molecule has 1 aromatic rings. The molecule has 1 saturated carbocycles. The molecule has 4 aliphatic rings. The Balaban J connectivity index is 1.27. The summed E-state index contributed by atoms with van der Waals surface area (Å²) in [6.07, 6.45) is 7.37. The number of rotatable bonds is 2. The van der Waals surface area contributed by atoms with Crippen molar-refractivity contribution >= 4 is 11.8 Å². The van der Waals surface area contributed by atoms with Gasteiger partial charge in [0.05, 0.1) is 5.69 Å². The Morgan fingerprint density at radius 3 is 2.31 bits per heavy atom. The zero-order valence-corrected chi connectivity index (χ0v) is 17.2. The van der Waals surface area contributed by atoms with Crippen LogP contribution in [0.3, 0.4) is 0 Å². The number of carbonyl (C=O) groups is 2. The SMILES string of the molecule is CC(=O)N1CCC(C(=O)N2CCC3(CCc4c3nc(C3CC3)[nH]c4=O)CC2)CC1. The van der Waals surface area contributed by atoms with Crippen molar-refractivity contribution in [1.29, 1.82) is 0 Å². The van der Waals surface area contributed by atoms with Crippen LogP contribution in [-0.4, -0.2) is 57.8 Å². The van der Waals surface area contributed by atoms with Crippen LogP contribution in [0.4, 0.5) is 0 Å². The minimum absolute atomic E-state index is 0.0258. The van der Waals surface area contributed by atoms with E-state index in [1.165, 1.54) is 0 Å². The summed E-state index contributed by atoms with van der Waals surface area (Å²) in [6, 6.07) is 0. The summed E-state index contributed by atoms with van der Waals surface area (Å²) in [7, 11) is 0. The van der Waals surface area contributed by atoms with Crippen molar-refractivity contribution in [2.24, 2.45) is 5.92 Å². The van der Waals surface area contributed by atoms with Crippen LogP contribution >= 0.6 is 0 Å². The number of likely N-dealkylation sites (tertiary alicyclic amines) is 2. The van der Waals surface area contributed by atoms with Gasteiger partial charge in [-0.3, -0.25) is 14.4 Å². The second kappa shape index (κ2) is 6.96. The normalized spacial score (nSPS) is 24.0. The van der Waals surface area contributed by atoms with Crippen molar-refractivity contribution in [3.05, 3.63) is 27.4 Å². The van der Waals surface area contributed by atoms with Crippen molar-refractivity contribution in [1.82, 2.24) is 19.8 Å². The summed E-state index contributed by atoms with van der Waals surface area (Å²) in [4.78, 5) is 48.9. The maximum Gasteiger partial charge on any atom is 0.254 e. The lowest BCUT2D eigenvalue weighted by molar-refractivity contribution is -0.141. The van der Waals surface area contributed by atoms with E-state index in [2.05, 4.69) is 4.98 Å². The summed E-state index contributed by atoms with van der Waals surface area (Å²) in [6.45, 7) is 4.47. The highest BCUT2D eigenvalue weighted by Gasteiger charge is 2.45. The quantitative estimate of drug-likeness (QED) is 0.822. The average Bonchev–Trinajstić information content (AvgIpc) is 3.52. The van der Waals surface area contributed by atoms with Gasteiger partial charge >= 0.3 is 0 Å². The largest absolute Gasteiger partial charge is 0.343 e. The van der Waals surface area contributed by atoms with E-state index in [0.29, 0.717) is 19.0 Å². The van der Waals surface area contributed by atoms with Crippen LogP contribution in [0.1, 0.15) is 74.9 Å². The van der Waals surface area contributed by atoms with Gasteiger partial charge in [0.1, 0.15) is 5.82 Å². The molecule has 1 aromatic heterocycles. The fourth-order valence-electron chi connectivity index (χ4n) is 5.56. The first kappa shape index (κ1) is 18.8. The molecule has 29 heavy (non-hydrogen) atoms. The Kier molecular flexibility index (Phi) is 4.51. The van der Waals surface area contributed by atoms with Crippen molar-refractivity contribution in [2.45, 2.75) is 69.6 Å². The summed E-state index contributed by atoms with van der Waals surface area (Å²) < 4.78 is 0. The molecular formula is C22H30N4O3. The molecule has 7 nitrogen and oxygen atoms in total. The van der Waals surface area contributed by atoms with Gasteiger partial charge in [-0.05, 0) is 51.4 Å². The number of hydrogen-bond donors (Lipinski definition) is 1. The van der Waals surface area contributed by atoms with Crippen molar-refractivity contribution in [3.8, 4) is 0 Å². The standard InChI is InChI=1S/C22H30N4O3/c1-14(27)25-10-5-16(6-11-25)21(29)26-12-8-22(9-13-26)7-4-17-18(22)23-19(15-2-3-15)24-20(17)28/h15-16H,2-13H2,1H3,(H,23,24,28). The van der Waals surface area contributed by atoms with Crippen molar-refractivity contribution in [3.63, 3.8) is 0 Å². The van der Waals surface area contributed by atoms with E-state index >= 15 is 0 Å². The van der Waals surface area contributed by atoms with E-state index < -0.39 is 0 Å². The molecule has 0 unspecified atom stereocenters. The topological polar surface area (TPSA) is 86.4 Å². The third-order valence-electron chi connectivity index (χ3n) is 7.68. The fraction of sp³-hybridized carbons (Fsp3) is 0.727. The van der Waals surface area contributed by atoms with Crippen LogP contribution in [0, 0.1) is 5.92 Å². The molecule has 2 aliphatic carbocycles. The number of nitrogens with zero attached hydrogens (tertiary/aromatic N) is 3. The predicted octanol–water partition coefficient (Wildman–Crippen LogP) is 1.71. The van der Waals surface area contributed by atoms with Crippen LogP contribution < -0.4 is 5.56 Å². The van der Waals surface area contributed by atoms with Gasteiger partial charge in [0, 0.05) is 55.9 Å². The van der Waals surface area contributed by atoms with Crippen molar-refractivity contribution < 1.29 is 9.59 Å². The number of nitrogens with one attached hydrogen (secondary N) is 1. The third kappa shape index (κ3) is 3.28. The molecule has 156 valence electrons. The molecule has 3 heterocycles. The summed E-state index contributed by atoms with van der Waals surface area (Å²) in [5.74, 6) is 1.71. The fourth-order valence-corrected chi connectivity index (χ4v) is 5.56. The number of fused-ring (bicyclic) bond motifs is 2. The monoisotopic (exact) mass is 398 g/mol. The van der Waals surface area contributed by atoms with Gasteiger partial charge in [-0.25, -0.2) is 4.98 Å². The second-order valence-corrected chi connectivity index (χ2v) is 9.44. The first-order valence-corrected chi connectivity index (χ1v) is 11.1. The Bertz CT molecular complexity index is 888. The van der Waals surface area contributed by atoms with Gasteiger partial charge in [-0.2, -0.15) is 0 Å². The van der Waals surface area contributed by atoms with E-state index in [-0.39, 0.29) is 28.7 Å². The molecule has 2 saturated heterocycles. The number of piperidine rings is 2. The highest BCUT2D eigenvalue weighted by molar-refractivity contribution is 5.80. The third-order valence-corrected chi connectivity index (χ3v) is 7.68. The van der Waals surface area contributed by atoms with Gasteiger partial charge in [0.15, 0.2) is 0 Å². The molecule has 0 aromatic carbocycles. The molecule has 7 heteroatoms. The first-order chi connectivity index (χ1) is 14.0. The lowest BCUT2D eigenvalue weighted by atomic mass is 9.75. The second-order valence-electron chi connectivity index (χ2n) is 9.44. The van der Waals surface area contributed by atoms with Crippen LogP contribution in [0.25, 0.3) is 0 Å². The lowest BCUT2D eigenvalue weighted by Crippen LogP contribution is -2.49. The van der Waals surface area contributed by atoms with Crippen LogP contribution in [0.15, 0.2) is 4.79 Å². The van der Waals surface area contributed by atoms with Crippen LogP contribution in [0.5, 0.6) is 0 Å². The van der Waals surface area contributed by atoms with Gasteiger partial charge in [0.2, 0.25) is 11.8 Å². The smallest absolute Gasteiger partial charge is 0.254 e. The maximum absolute atomic E-state index is 13.0. The molecule has 2 amide bonds. The van der Waals surface area contributed by atoms with E-state index in [1.54, 1.807) is 6.92 Å². The first-order valence-electron chi connectivity index (χ1n) is 11.1. The molecule has 1 N–H and O–H groups in total. The molecule has 0 bridgehead atoms. The lowest BCUT2D eigenvalue weighted by Gasteiger charge is -2.41. The molecule has 0 radical (unpaired) electrons. The number of H-pyrrole nitrogens is 1. The highest BCUT2D eigenvalue weighted by atomic mass is 16.2.